The molecule has 0 bridgehead atoms. The predicted molar refractivity (Wildman–Crippen MR) is 49.2 cm³/mol. The van der Waals surface area contributed by atoms with Gasteiger partial charge in [-0.2, -0.15) is 0 Å². The highest BCUT2D eigenvalue weighted by atomic mass is 15.2. The van der Waals surface area contributed by atoms with E-state index in [9.17, 15) is 0 Å². The summed E-state index contributed by atoms with van der Waals surface area (Å²) in [5.41, 5.74) is 5.15. The molecule has 0 aliphatic carbocycles. The van der Waals surface area contributed by atoms with Crippen LogP contribution in [0.25, 0.3) is 0 Å². The Labute approximate surface area is 72.8 Å². The lowest BCUT2D eigenvalue weighted by molar-refractivity contribution is 0.244. The Morgan fingerprint density at radius 3 is 2.75 bits per heavy atom. The van der Waals surface area contributed by atoms with Gasteiger partial charge in [0, 0.05) is 39.3 Å². The number of rotatable bonds is 3. The van der Waals surface area contributed by atoms with Crippen molar-refractivity contribution in [1.82, 2.24) is 15.5 Å². The molecule has 1 saturated heterocycles. The summed E-state index contributed by atoms with van der Waals surface area (Å²) in [6.45, 7) is 6.08. The maximum absolute atomic E-state index is 6.95. The molecule has 0 unspecified atom stereocenters. The van der Waals surface area contributed by atoms with Crippen LogP contribution in [0.1, 0.15) is 0 Å². The second-order valence-corrected chi connectivity index (χ2v) is 2.93. The summed E-state index contributed by atoms with van der Waals surface area (Å²) in [5.74, 6) is 0.0603. The largest absolute Gasteiger partial charge is 0.370 e. The maximum Gasteiger partial charge on any atom is 0.185 e. The quantitative estimate of drug-likeness (QED) is 0.304. The molecule has 5 nitrogen and oxygen atoms in total. The van der Waals surface area contributed by atoms with Crippen molar-refractivity contribution in [2.45, 2.75) is 0 Å². The fraction of sp³-hybridized carbons (Fsp3) is 0.857. The lowest BCUT2D eigenvalue weighted by Crippen LogP contribution is -2.46. The second kappa shape index (κ2) is 4.95. The Morgan fingerprint density at radius 1 is 1.50 bits per heavy atom. The number of hydrogen-bond donors (Lipinski definition) is 4. The monoisotopic (exact) mass is 171 g/mol. The van der Waals surface area contributed by atoms with Gasteiger partial charge in [0.05, 0.1) is 0 Å². The average molecular weight is 171 g/mol. The molecular formula is C7H17N5. The first-order chi connectivity index (χ1) is 5.79. The first kappa shape index (κ1) is 9.28. The minimum absolute atomic E-state index is 0.0603. The smallest absolute Gasteiger partial charge is 0.185 e. The Kier molecular flexibility index (Phi) is 3.83. The van der Waals surface area contributed by atoms with Crippen molar-refractivity contribution in [3.05, 3.63) is 0 Å². The first-order valence-electron chi connectivity index (χ1n) is 4.30. The van der Waals surface area contributed by atoms with E-state index in [2.05, 4.69) is 15.5 Å². The Bertz CT molecular complexity index is 141. The summed E-state index contributed by atoms with van der Waals surface area (Å²) >= 11 is 0. The van der Waals surface area contributed by atoms with Gasteiger partial charge in [0.15, 0.2) is 5.96 Å². The SMILES string of the molecule is N=C(N)NCCN1CCNCC1. The van der Waals surface area contributed by atoms with Gasteiger partial charge in [-0.1, -0.05) is 0 Å². The van der Waals surface area contributed by atoms with E-state index >= 15 is 0 Å². The second-order valence-electron chi connectivity index (χ2n) is 2.93. The topological polar surface area (TPSA) is 77.2 Å². The molecule has 1 aliphatic heterocycles. The molecule has 0 aromatic carbocycles. The number of nitrogens with zero attached hydrogens (tertiary/aromatic N) is 1. The van der Waals surface area contributed by atoms with Crippen LogP contribution in [0.3, 0.4) is 0 Å². The van der Waals surface area contributed by atoms with E-state index in [-0.39, 0.29) is 5.96 Å². The van der Waals surface area contributed by atoms with Crippen molar-refractivity contribution in [2.75, 3.05) is 39.3 Å². The van der Waals surface area contributed by atoms with Crippen molar-refractivity contribution >= 4 is 5.96 Å². The standard InChI is InChI=1S/C7H17N5/c8-7(9)11-3-6-12-4-1-10-2-5-12/h10H,1-6H2,(H4,8,9,11). The molecule has 1 rings (SSSR count). The van der Waals surface area contributed by atoms with Crippen LogP contribution in [-0.4, -0.2) is 50.1 Å². The third-order valence-corrected chi connectivity index (χ3v) is 1.95. The van der Waals surface area contributed by atoms with Gasteiger partial charge in [-0.25, -0.2) is 0 Å². The van der Waals surface area contributed by atoms with Crippen molar-refractivity contribution in [3.63, 3.8) is 0 Å². The summed E-state index contributed by atoms with van der Waals surface area (Å²) in [5, 5.41) is 13.0. The van der Waals surface area contributed by atoms with Crippen LogP contribution in [0.2, 0.25) is 0 Å². The zero-order valence-corrected chi connectivity index (χ0v) is 7.27. The van der Waals surface area contributed by atoms with Gasteiger partial charge in [0.2, 0.25) is 0 Å². The summed E-state index contributed by atoms with van der Waals surface area (Å²) in [6.07, 6.45) is 0. The number of nitrogens with one attached hydrogen (secondary N) is 3. The van der Waals surface area contributed by atoms with Gasteiger partial charge in [0.1, 0.15) is 0 Å². The normalized spacial score (nSPS) is 19.0. The highest BCUT2D eigenvalue weighted by Gasteiger charge is 2.07. The van der Waals surface area contributed by atoms with Gasteiger partial charge in [0.25, 0.3) is 0 Å². The third-order valence-electron chi connectivity index (χ3n) is 1.95. The molecule has 12 heavy (non-hydrogen) atoms. The lowest BCUT2D eigenvalue weighted by Gasteiger charge is -2.27. The van der Waals surface area contributed by atoms with E-state index < -0.39 is 0 Å². The van der Waals surface area contributed by atoms with E-state index in [0.29, 0.717) is 0 Å². The molecule has 1 aliphatic rings. The molecule has 0 saturated carbocycles. The highest BCUT2D eigenvalue weighted by Crippen LogP contribution is 1.89. The first-order valence-corrected chi connectivity index (χ1v) is 4.30. The summed E-state index contributed by atoms with van der Waals surface area (Å²) < 4.78 is 0. The molecule has 0 amide bonds. The van der Waals surface area contributed by atoms with Crippen molar-refractivity contribution in [3.8, 4) is 0 Å². The van der Waals surface area contributed by atoms with Gasteiger partial charge in [-0.3, -0.25) is 10.3 Å². The Balaban J connectivity index is 2.01. The van der Waals surface area contributed by atoms with E-state index in [1.165, 1.54) is 0 Å². The van der Waals surface area contributed by atoms with E-state index in [1.807, 2.05) is 0 Å². The van der Waals surface area contributed by atoms with Crippen LogP contribution < -0.4 is 16.4 Å². The van der Waals surface area contributed by atoms with E-state index in [0.717, 1.165) is 39.3 Å². The molecule has 5 N–H and O–H groups in total. The van der Waals surface area contributed by atoms with Crippen LogP contribution in [0.5, 0.6) is 0 Å². The molecule has 0 radical (unpaired) electrons. The Hall–Kier alpha value is -0.810. The minimum Gasteiger partial charge on any atom is -0.370 e. The molecule has 5 heteroatoms. The van der Waals surface area contributed by atoms with Crippen LogP contribution >= 0.6 is 0 Å². The minimum atomic E-state index is 0.0603. The van der Waals surface area contributed by atoms with Crippen molar-refractivity contribution in [1.29, 1.82) is 5.41 Å². The molecule has 70 valence electrons. The van der Waals surface area contributed by atoms with Gasteiger partial charge >= 0.3 is 0 Å². The van der Waals surface area contributed by atoms with Crippen molar-refractivity contribution < 1.29 is 0 Å². The molecule has 1 fully saturated rings. The number of hydrogen-bond acceptors (Lipinski definition) is 3. The fourth-order valence-corrected chi connectivity index (χ4v) is 1.28. The van der Waals surface area contributed by atoms with Gasteiger partial charge < -0.3 is 16.4 Å². The predicted octanol–water partition coefficient (Wildman–Crippen LogP) is -1.63. The molecule has 0 aromatic heterocycles. The lowest BCUT2D eigenvalue weighted by atomic mass is 10.3. The number of guanidine groups is 1. The number of nitrogens with two attached hydrogens (primary N) is 1. The summed E-state index contributed by atoms with van der Waals surface area (Å²) in [4.78, 5) is 2.35. The van der Waals surface area contributed by atoms with Crippen LogP contribution in [-0.2, 0) is 0 Å². The van der Waals surface area contributed by atoms with Crippen LogP contribution in [0.15, 0.2) is 0 Å². The van der Waals surface area contributed by atoms with Crippen molar-refractivity contribution in [2.24, 2.45) is 5.73 Å². The molecular weight excluding hydrogens is 154 g/mol. The average Bonchev–Trinajstić information content (AvgIpc) is 2.05. The highest BCUT2D eigenvalue weighted by molar-refractivity contribution is 5.74. The molecule has 1 heterocycles. The maximum atomic E-state index is 6.95. The summed E-state index contributed by atoms with van der Waals surface area (Å²) in [7, 11) is 0. The molecule has 0 aromatic rings. The van der Waals surface area contributed by atoms with Gasteiger partial charge in [-0.05, 0) is 0 Å². The van der Waals surface area contributed by atoms with E-state index in [4.69, 9.17) is 11.1 Å². The van der Waals surface area contributed by atoms with Crippen LogP contribution in [0.4, 0.5) is 0 Å². The molecule has 0 atom stereocenters. The summed E-state index contributed by atoms with van der Waals surface area (Å²) in [6, 6.07) is 0. The number of piperazine rings is 1. The van der Waals surface area contributed by atoms with E-state index in [1.54, 1.807) is 0 Å². The third kappa shape index (κ3) is 3.54. The van der Waals surface area contributed by atoms with Gasteiger partial charge in [-0.15, -0.1) is 0 Å². The van der Waals surface area contributed by atoms with Crippen LogP contribution in [0, 0.1) is 5.41 Å². The molecule has 0 spiro atoms. The fourth-order valence-electron chi connectivity index (χ4n) is 1.28. The Morgan fingerprint density at radius 2 is 2.17 bits per heavy atom. The zero-order chi connectivity index (χ0) is 8.81. The zero-order valence-electron chi connectivity index (χ0n) is 7.27.